The SMILES string of the molecule is CCOC(=O)C1=C(C)N=c2s/c(=C/c3ccc(Oc4ccc([N+](=O)[O-])cc4[N+](=O)[O-])c(OC)c3)c(=O)n2[C@H]1c1ccc(OC)cc1. The van der Waals surface area contributed by atoms with E-state index in [2.05, 4.69) is 4.99 Å². The monoisotopic (exact) mass is 646 g/mol. The van der Waals surface area contributed by atoms with Crippen LogP contribution in [0.3, 0.4) is 0 Å². The van der Waals surface area contributed by atoms with Crippen LogP contribution < -0.4 is 29.1 Å². The number of allylic oxidation sites excluding steroid dienone is 1. The molecule has 15 heteroatoms. The number of carbonyl (C=O) groups excluding carboxylic acids is 1. The summed E-state index contributed by atoms with van der Waals surface area (Å²) in [6, 6.07) is 14.0. The van der Waals surface area contributed by atoms with Crippen molar-refractivity contribution < 1.29 is 33.6 Å². The molecule has 0 unspecified atom stereocenters. The summed E-state index contributed by atoms with van der Waals surface area (Å²) in [4.78, 5) is 53.1. The van der Waals surface area contributed by atoms with Gasteiger partial charge in [0.05, 0.1) is 58.6 Å². The minimum atomic E-state index is -0.800. The number of nitro benzene ring substituents is 2. The highest BCUT2D eigenvalue weighted by atomic mass is 32.1. The lowest BCUT2D eigenvalue weighted by atomic mass is 9.96. The maximum Gasteiger partial charge on any atom is 0.338 e. The molecule has 1 atom stereocenters. The Hall–Kier alpha value is -5.83. The lowest BCUT2D eigenvalue weighted by Crippen LogP contribution is -2.39. The number of methoxy groups -OCH3 is 2. The quantitative estimate of drug-likeness (QED) is 0.136. The van der Waals surface area contributed by atoms with Crippen molar-refractivity contribution in [3.63, 3.8) is 0 Å². The second-order valence-corrected chi connectivity index (χ2v) is 10.8. The zero-order valence-corrected chi connectivity index (χ0v) is 25.7. The molecule has 0 saturated carbocycles. The minimum Gasteiger partial charge on any atom is -0.497 e. The van der Waals surface area contributed by atoms with Crippen LogP contribution in [0.5, 0.6) is 23.0 Å². The fourth-order valence-corrected chi connectivity index (χ4v) is 5.92. The summed E-state index contributed by atoms with van der Waals surface area (Å²) >= 11 is 1.14. The average molecular weight is 647 g/mol. The highest BCUT2D eigenvalue weighted by Gasteiger charge is 2.33. The summed E-state index contributed by atoms with van der Waals surface area (Å²) in [5.41, 5.74) is 0.431. The van der Waals surface area contributed by atoms with Gasteiger partial charge in [-0.1, -0.05) is 29.5 Å². The second kappa shape index (κ2) is 13.0. The molecule has 3 aromatic carbocycles. The van der Waals surface area contributed by atoms with Crippen molar-refractivity contribution >= 4 is 34.8 Å². The number of thiazole rings is 1. The van der Waals surface area contributed by atoms with E-state index >= 15 is 0 Å². The molecule has 46 heavy (non-hydrogen) atoms. The van der Waals surface area contributed by atoms with E-state index in [1.807, 2.05) is 0 Å². The van der Waals surface area contributed by atoms with Gasteiger partial charge in [-0.3, -0.25) is 29.6 Å². The van der Waals surface area contributed by atoms with Gasteiger partial charge in [0.15, 0.2) is 16.3 Å². The van der Waals surface area contributed by atoms with Crippen LogP contribution >= 0.6 is 11.3 Å². The van der Waals surface area contributed by atoms with Crippen molar-refractivity contribution in [1.29, 1.82) is 0 Å². The van der Waals surface area contributed by atoms with Crippen LogP contribution in [0.15, 0.2) is 81.7 Å². The Balaban J connectivity index is 1.57. The van der Waals surface area contributed by atoms with Gasteiger partial charge >= 0.3 is 11.7 Å². The van der Waals surface area contributed by atoms with Gasteiger partial charge in [0.2, 0.25) is 5.75 Å². The van der Waals surface area contributed by atoms with E-state index < -0.39 is 33.2 Å². The third-order valence-corrected chi connectivity index (χ3v) is 7.99. The molecular formula is C31H26N4O10S. The van der Waals surface area contributed by atoms with E-state index in [-0.39, 0.29) is 35.0 Å². The number of carbonyl (C=O) groups is 1. The number of nitrogens with zero attached hydrogens (tertiary/aromatic N) is 4. The van der Waals surface area contributed by atoms with Gasteiger partial charge in [-0.25, -0.2) is 9.79 Å². The van der Waals surface area contributed by atoms with Crippen LogP contribution in [0.4, 0.5) is 11.4 Å². The van der Waals surface area contributed by atoms with Crippen molar-refractivity contribution in [3.05, 3.63) is 123 Å². The number of hydrogen-bond donors (Lipinski definition) is 0. The summed E-state index contributed by atoms with van der Waals surface area (Å²) in [5.74, 6) is 0.103. The molecule has 1 aromatic heterocycles. The van der Waals surface area contributed by atoms with Crippen molar-refractivity contribution in [1.82, 2.24) is 4.57 Å². The molecule has 1 aliphatic heterocycles. The van der Waals surface area contributed by atoms with Gasteiger partial charge in [0.1, 0.15) is 5.75 Å². The van der Waals surface area contributed by atoms with Gasteiger partial charge in [-0.15, -0.1) is 0 Å². The smallest absolute Gasteiger partial charge is 0.338 e. The largest absolute Gasteiger partial charge is 0.497 e. The Morgan fingerprint density at radius 3 is 2.33 bits per heavy atom. The molecule has 0 aliphatic carbocycles. The van der Waals surface area contributed by atoms with Gasteiger partial charge in [-0.2, -0.15) is 0 Å². The molecule has 4 aromatic rings. The Morgan fingerprint density at radius 1 is 0.978 bits per heavy atom. The molecular weight excluding hydrogens is 620 g/mol. The number of rotatable bonds is 10. The fraction of sp³-hybridized carbons (Fsp3) is 0.194. The standard InChI is InChI=1S/C31H26N4O10S/c1-5-44-30(37)27-17(2)32-31-33(28(27)19-7-10-21(42-3)11-8-19)29(36)26(46-31)15-18-6-12-24(25(14-18)43-4)45-23-13-9-20(34(38)39)16-22(23)35(40)41/h6-16,28H,5H2,1-4H3/b26-15+/t28-/m0/s1. The van der Waals surface area contributed by atoms with Gasteiger partial charge in [-0.05, 0) is 61.4 Å². The third-order valence-electron chi connectivity index (χ3n) is 7.00. The predicted octanol–water partition coefficient (Wildman–Crippen LogP) is 4.42. The Kier molecular flexibility index (Phi) is 8.95. The molecule has 0 spiro atoms. The van der Waals surface area contributed by atoms with E-state index in [0.29, 0.717) is 31.9 Å². The maximum atomic E-state index is 13.9. The molecule has 2 heterocycles. The topological polar surface area (TPSA) is 175 Å². The number of aromatic nitrogens is 1. The first-order chi connectivity index (χ1) is 22.1. The molecule has 14 nitrogen and oxygen atoms in total. The number of esters is 1. The Labute approximate surface area is 264 Å². The number of non-ortho nitro benzene ring substituents is 1. The van der Waals surface area contributed by atoms with Crippen LogP contribution in [-0.2, 0) is 9.53 Å². The first-order valence-corrected chi connectivity index (χ1v) is 14.5. The van der Waals surface area contributed by atoms with Crippen LogP contribution in [-0.4, -0.2) is 41.2 Å². The maximum absolute atomic E-state index is 13.9. The van der Waals surface area contributed by atoms with Crippen LogP contribution in [0.25, 0.3) is 6.08 Å². The van der Waals surface area contributed by atoms with Crippen molar-refractivity contribution in [2.45, 2.75) is 19.9 Å². The average Bonchev–Trinajstić information content (AvgIpc) is 3.34. The molecule has 5 rings (SSSR count). The number of fused-ring (bicyclic) bond motifs is 1. The number of hydrogen-bond acceptors (Lipinski definition) is 12. The molecule has 236 valence electrons. The van der Waals surface area contributed by atoms with E-state index in [4.69, 9.17) is 18.9 Å². The van der Waals surface area contributed by atoms with Gasteiger partial charge in [0, 0.05) is 6.07 Å². The van der Waals surface area contributed by atoms with Crippen molar-refractivity contribution in [2.75, 3.05) is 20.8 Å². The van der Waals surface area contributed by atoms with E-state index in [0.717, 1.165) is 29.5 Å². The summed E-state index contributed by atoms with van der Waals surface area (Å²) in [7, 11) is 2.91. The molecule has 0 fully saturated rings. The highest BCUT2D eigenvalue weighted by molar-refractivity contribution is 7.07. The summed E-state index contributed by atoms with van der Waals surface area (Å²) in [5, 5.41) is 22.6. The number of ether oxygens (including phenoxy) is 4. The van der Waals surface area contributed by atoms with Crippen LogP contribution in [0.1, 0.15) is 31.0 Å². The van der Waals surface area contributed by atoms with Crippen molar-refractivity contribution in [3.8, 4) is 23.0 Å². The van der Waals surface area contributed by atoms with Crippen LogP contribution in [0, 0.1) is 20.2 Å². The summed E-state index contributed by atoms with van der Waals surface area (Å²) in [6.45, 7) is 3.54. The first-order valence-electron chi connectivity index (χ1n) is 13.7. The Morgan fingerprint density at radius 2 is 1.70 bits per heavy atom. The predicted molar refractivity (Wildman–Crippen MR) is 166 cm³/mol. The highest BCUT2D eigenvalue weighted by Crippen LogP contribution is 2.38. The Bertz CT molecular complexity index is 2080. The van der Waals surface area contributed by atoms with E-state index in [1.54, 1.807) is 63.4 Å². The molecule has 0 saturated heterocycles. The first kappa shape index (κ1) is 31.6. The molecule has 0 radical (unpaired) electrons. The number of benzene rings is 3. The van der Waals surface area contributed by atoms with Gasteiger partial charge in [0.25, 0.3) is 11.2 Å². The summed E-state index contributed by atoms with van der Waals surface area (Å²) in [6.07, 6.45) is 1.62. The fourth-order valence-electron chi connectivity index (χ4n) is 4.87. The lowest BCUT2D eigenvalue weighted by Gasteiger charge is -2.24. The third kappa shape index (κ3) is 6.08. The second-order valence-electron chi connectivity index (χ2n) is 9.75. The lowest BCUT2D eigenvalue weighted by molar-refractivity contribution is -0.394. The molecule has 0 amide bonds. The van der Waals surface area contributed by atoms with Crippen molar-refractivity contribution in [2.24, 2.45) is 4.99 Å². The van der Waals surface area contributed by atoms with Gasteiger partial charge < -0.3 is 18.9 Å². The minimum absolute atomic E-state index is 0.104. The van der Waals surface area contributed by atoms with Crippen LogP contribution in [0.2, 0.25) is 0 Å². The zero-order chi connectivity index (χ0) is 33.1. The summed E-state index contributed by atoms with van der Waals surface area (Å²) < 4.78 is 23.6. The molecule has 1 aliphatic rings. The normalized spacial score (nSPS) is 14.3. The molecule has 0 bridgehead atoms. The van der Waals surface area contributed by atoms with E-state index in [9.17, 15) is 29.8 Å². The zero-order valence-electron chi connectivity index (χ0n) is 24.9. The molecule has 0 N–H and O–H groups in total. The van der Waals surface area contributed by atoms with E-state index in [1.165, 1.54) is 17.7 Å². The number of nitro groups is 2.